The summed E-state index contributed by atoms with van der Waals surface area (Å²) < 4.78 is 0. The Bertz CT molecular complexity index is 189. The summed E-state index contributed by atoms with van der Waals surface area (Å²) in [7, 11) is 0. The molecule has 0 saturated heterocycles. The maximum Gasteiger partial charge on any atom is 0.0155 e. The first-order valence-corrected chi connectivity index (χ1v) is 7.20. The second-order valence-corrected chi connectivity index (χ2v) is 6.35. The largest absolute Gasteiger partial charge is 0.325 e. The molecule has 2 heteroatoms. The van der Waals surface area contributed by atoms with Gasteiger partial charge in [-0.25, -0.2) is 0 Å². The molecule has 0 aliphatic heterocycles. The molecule has 0 atom stereocenters. The van der Waals surface area contributed by atoms with Gasteiger partial charge in [-0.05, 0) is 38.5 Å². The van der Waals surface area contributed by atoms with Crippen molar-refractivity contribution in [3.8, 4) is 0 Å². The van der Waals surface area contributed by atoms with Crippen molar-refractivity contribution < 1.29 is 0 Å². The molecule has 2 nitrogen and oxygen atoms in total. The zero-order valence-corrected chi connectivity index (χ0v) is 10.6. The minimum absolute atomic E-state index is 0.127. The van der Waals surface area contributed by atoms with Crippen LogP contribution in [0.4, 0.5) is 0 Å². The Hall–Kier alpha value is -0.0800. The Morgan fingerprint density at radius 2 is 0.875 bits per heavy atom. The summed E-state index contributed by atoms with van der Waals surface area (Å²) in [6, 6.07) is 0. The molecule has 2 rings (SSSR count). The Balaban J connectivity index is 1.80. The lowest BCUT2D eigenvalue weighted by atomic mass is 9.73. The highest BCUT2D eigenvalue weighted by atomic mass is 14.8. The second kappa shape index (κ2) is 5.05. The maximum atomic E-state index is 6.48. The Morgan fingerprint density at radius 1 is 0.562 bits per heavy atom. The zero-order chi connectivity index (χ0) is 11.5. The monoisotopic (exact) mass is 224 g/mol. The van der Waals surface area contributed by atoms with Crippen LogP contribution in [0, 0.1) is 0 Å². The van der Waals surface area contributed by atoms with Crippen molar-refractivity contribution in [3.05, 3.63) is 0 Å². The lowest BCUT2D eigenvalue weighted by molar-refractivity contribution is 0.212. The van der Waals surface area contributed by atoms with Crippen molar-refractivity contribution in [3.63, 3.8) is 0 Å². The van der Waals surface area contributed by atoms with Crippen LogP contribution in [0.25, 0.3) is 0 Å². The molecule has 2 fully saturated rings. The normalized spacial score (nSPS) is 28.9. The van der Waals surface area contributed by atoms with Gasteiger partial charge in [0.25, 0.3) is 0 Å². The van der Waals surface area contributed by atoms with Crippen LogP contribution in [0.2, 0.25) is 0 Å². The van der Waals surface area contributed by atoms with Crippen molar-refractivity contribution in [2.75, 3.05) is 0 Å². The molecule has 0 bridgehead atoms. The van der Waals surface area contributed by atoms with Crippen LogP contribution in [0.15, 0.2) is 0 Å². The molecule has 94 valence electrons. The van der Waals surface area contributed by atoms with Gasteiger partial charge in [0.2, 0.25) is 0 Å². The highest BCUT2D eigenvalue weighted by Crippen LogP contribution is 2.35. The molecule has 0 amide bonds. The van der Waals surface area contributed by atoms with E-state index < -0.39 is 0 Å². The summed E-state index contributed by atoms with van der Waals surface area (Å²) in [5.41, 5.74) is 13.2. The molecule has 2 aliphatic rings. The van der Waals surface area contributed by atoms with Crippen molar-refractivity contribution in [2.45, 2.75) is 88.1 Å². The molecular formula is C14H28N2. The highest BCUT2D eigenvalue weighted by Gasteiger charge is 2.33. The van der Waals surface area contributed by atoms with Crippen molar-refractivity contribution in [2.24, 2.45) is 11.5 Å². The van der Waals surface area contributed by atoms with E-state index in [1.54, 1.807) is 0 Å². The van der Waals surface area contributed by atoms with Crippen LogP contribution in [0.5, 0.6) is 0 Å². The van der Waals surface area contributed by atoms with Gasteiger partial charge in [-0.1, -0.05) is 38.5 Å². The third kappa shape index (κ3) is 3.21. The molecule has 2 saturated carbocycles. The summed E-state index contributed by atoms with van der Waals surface area (Å²) in [6.45, 7) is 0. The summed E-state index contributed by atoms with van der Waals surface area (Å²) in [5.74, 6) is 0. The third-order valence-electron chi connectivity index (χ3n) is 4.82. The molecule has 0 aromatic carbocycles. The average Bonchev–Trinajstić information content (AvgIpc) is 2.29. The van der Waals surface area contributed by atoms with E-state index in [1.807, 2.05) is 0 Å². The third-order valence-corrected chi connectivity index (χ3v) is 4.82. The molecule has 16 heavy (non-hydrogen) atoms. The van der Waals surface area contributed by atoms with Crippen molar-refractivity contribution in [1.82, 2.24) is 0 Å². The molecule has 0 spiro atoms. The van der Waals surface area contributed by atoms with Crippen LogP contribution < -0.4 is 11.5 Å². The zero-order valence-electron chi connectivity index (χ0n) is 10.6. The minimum Gasteiger partial charge on any atom is -0.325 e. The summed E-state index contributed by atoms with van der Waals surface area (Å²) in [4.78, 5) is 0. The Labute approximate surface area is 100 Å². The summed E-state index contributed by atoms with van der Waals surface area (Å²) in [6.07, 6.45) is 15.3. The molecular weight excluding hydrogens is 196 g/mol. The van der Waals surface area contributed by atoms with E-state index >= 15 is 0 Å². The van der Waals surface area contributed by atoms with E-state index in [4.69, 9.17) is 11.5 Å². The fourth-order valence-electron chi connectivity index (χ4n) is 3.51. The van der Waals surface area contributed by atoms with E-state index in [2.05, 4.69) is 0 Å². The van der Waals surface area contributed by atoms with Crippen LogP contribution in [0.3, 0.4) is 0 Å². The van der Waals surface area contributed by atoms with Crippen LogP contribution >= 0.6 is 0 Å². The van der Waals surface area contributed by atoms with Gasteiger partial charge in [0.05, 0.1) is 0 Å². The maximum absolute atomic E-state index is 6.48. The second-order valence-electron chi connectivity index (χ2n) is 6.35. The molecule has 0 unspecified atom stereocenters. The average molecular weight is 224 g/mol. The quantitative estimate of drug-likeness (QED) is 0.774. The van der Waals surface area contributed by atoms with Gasteiger partial charge >= 0.3 is 0 Å². The van der Waals surface area contributed by atoms with Gasteiger partial charge in [0.1, 0.15) is 0 Å². The minimum atomic E-state index is 0.127. The molecule has 2 aliphatic carbocycles. The lowest BCUT2D eigenvalue weighted by Crippen LogP contribution is -2.47. The lowest BCUT2D eigenvalue weighted by Gasteiger charge is -2.39. The smallest absolute Gasteiger partial charge is 0.0155 e. The van der Waals surface area contributed by atoms with Gasteiger partial charge in [-0.3, -0.25) is 0 Å². The molecule has 0 radical (unpaired) electrons. The van der Waals surface area contributed by atoms with Gasteiger partial charge in [0.15, 0.2) is 0 Å². The Kier molecular flexibility index (Phi) is 3.91. The molecule has 4 N–H and O–H groups in total. The SMILES string of the molecule is NC1(CCC2(N)CCCCC2)CCCCC1. The van der Waals surface area contributed by atoms with Crippen LogP contribution in [-0.4, -0.2) is 11.1 Å². The number of hydrogen-bond donors (Lipinski definition) is 2. The van der Waals surface area contributed by atoms with E-state index in [9.17, 15) is 0 Å². The first-order chi connectivity index (χ1) is 7.62. The summed E-state index contributed by atoms with van der Waals surface area (Å²) in [5, 5.41) is 0. The molecule has 0 aromatic heterocycles. The first kappa shape index (κ1) is 12.4. The van der Waals surface area contributed by atoms with E-state index in [1.165, 1.54) is 64.2 Å². The number of nitrogens with two attached hydrogens (primary N) is 2. The standard InChI is InChI=1S/C14H28N2/c15-13(7-3-1-4-8-13)11-12-14(16)9-5-2-6-10-14/h1-12,15-16H2. The highest BCUT2D eigenvalue weighted by molar-refractivity contribution is 4.93. The van der Waals surface area contributed by atoms with Crippen molar-refractivity contribution in [1.29, 1.82) is 0 Å². The van der Waals surface area contributed by atoms with Gasteiger partial charge in [-0.2, -0.15) is 0 Å². The predicted octanol–water partition coefficient (Wildman–Crippen LogP) is 3.09. The van der Waals surface area contributed by atoms with Gasteiger partial charge in [0, 0.05) is 11.1 Å². The van der Waals surface area contributed by atoms with Crippen LogP contribution in [-0.2, 0) is 0 Å². The van der Waals surface area contributed by atoms with Gasteiger partial charge in [-0.15, -0.1) is 0 Å². The van der Waals surface area contributed by atoms with E-state index in [0.717, 1.165) is 12.8 Å². The summed E-state index contributed by atoms with van der Waals surface area (Å²) >= 11 is 0. The Morgan fingerprint density at radius 3 is 1.19 bits per heavy atom. The van der Waals surface area contributed by atoms with Crippen molar-refractivity contribution >= 4 is 0 Å². The predicted molar refractivity (Wildman–Crippen MR) is 69.2 cm³/mol. The van der Waals surface area contributed by atoms with Gasteiger partial charge < -0.3 is 11.5 Å². The van der Waals surface area contributed by atoms with E-state index in [0.29, 0.717) is 0 Å². The first-order valence-electron chi connectivity index (χ1n) is 7.20. The molecule has 0 heterocycles. The van der Waals surface area contributed by atoms with Crippen LogP contribution in [0.1, 0.15) is 77.0 Å². The fourth-order valence-corrected chi connectivity index (χ4v) is 3.51. The number of hydrogen-bond acceptors (Lipinski definition) is 2. The topological polar surface area (TPSA) is 52.0 Å². The van der Waals surface area contributed by atoms with E-state index in [-0.39, 0.29) is 11.1 Å². The number of rotatable bonds is 3. The fraction of sp³-hybridized carbons (Fsp3) is 1.00. The molecule has 0 aromatic rings.